The van der Waals surface area contributed by atoms with Gasteiger partial charge in [-0.1, -0.05) is 48.0 Å². The molecule has 0 amide bonds. The Balaban J connectivity index is 1.69. The molecule has 3 aromatic rings. The van der Waals surface area contributed by atoms with E-state index in [0.29, 0.717) is 10.7 Å². The van der Waals surface area contributed by atoms with Crippen molar-refractivity contribution in [2.45, 2.75) is 11.8 Å². The first-order valence-corrected chi connectivity index (χ1v) is 10.5. The number of anilines is 1. The maximum atomic E-state index is 12.5. The molecular formula is C21H19N3O3S2. The fourth-order valence-electron chi connectivity index (χ4n) is 2.38. The summed E-state index contributed by atoms with van der Waals surface area (Å²) >= 11 is 5.18. The Labute approximate surface area is 175 Å². The average Bonchev–Trinajstić information content (AvgIpc) is 2.70. The van der Waals surface area contributed by atoms with Crippen molar-refractivity contribution in [3.05, 3.63) is 90.0 Å². The van der Waals surface area contributed by atoms with Gasteiger partial charge in [0.05, 0.1) is 6.21 Å². The number of hydrogen-bond donors (Lipinski definition) is 2. The zero-order chi connectivity index (χ0) is 20.7. The maximum Gasteiger partial charge on any atom is 0.339 e. The molecule has 2 N–H and O–H groups in total. The smallest absolute Gasteiger partial charge is 0.339 e. The lowest BCUT2D eigenvalue weighted by atomic mass is 10.2. The number of hydrogen-bond acceptors (Lipinski definition) is 5. The molecule has 0 unspecified atom stereocenters. The molecule has 8 heteroatoms. The summed E-state index contributed by atoms with van der Waals surface area (Å²) < 4.78 is 30.4. The number of rotatable bonds is 6. The van der Waals surface area contributed by atoms with Crippen LogP contribution in [-0.4, -0.2) is 19.7 Å². The summed E-state index contributed by atoms with van der Waals surface area (Å²) in [6.45, 7) is 1.88. The summed E-state index contributed by atoms with van der Waals surface area (Å²) in [5, 5.41) is 7.35. The fraction of sp³-hybridized carbons (Fsp3) is 0.0476. The quantitative estimate of drug-likeness (QED) is 0.268. The van der Waals surface area contributed by atoms with Crippen molar-refractivity contribution in [1.82, 2.24) is 5.43 Å². The van der Waals surface area contributed by atoms with Gasteiger partial charge in [-0.25, -0.2) is 0 Å². The van der Waals surface area contributed by atoms with Gasteiger partial charge in [-0.3, -0.25) is 5.43 Å². The lowest BCUT2D eigenvalue weighted by molar-refractivity contribution is 0.485. The highest BCUT2D eigenvalue weighted by molar-refractivity contribution is 7.87. The number of nitrogens with one attached hydrogen (secondary N) is 2. The van der Waals surface area contributed by atoms with E-state index in [-0.39, 0.29) is 10.6 Å². The molecule has 0 saturated heterocycles. The van der Waals surface area contributed by atoms with E-state index < -0.39 is 10.1 Å². The van der Waals surface area contributed by atoms with Crippen LogP contribution in [0.2, 0.25) is 0 Å². The van der Waals surface area contributed by atoms with E-state index in [1.807, 2.05) is 37.3 Å². The van der Waals surface area contributed by atoms with Gasteiger partial charge in [0.15, 0.2) is 10.9 Å². The van der Waals surface area contributed by atoms with Crippen molar-refractivity contribution in [1.29, 1.82) is 0 Å². The molecule has 3 aromatic carbocycles. The second-order valence-electron chi connectivity index (χ2n) is 6.08. The molecule has 0 atom stereocenters. The van der Waals surface area contributed by atoms with Crippen molar-refractivity contribution < 1.29 is 12.6 Å². The SMILES string of the molecule is Cc1ccc(S(=O)(=O)Oc2ccccc2/C=N\NC(=S)Nc2ccccc2)cc1. The third-order valence-corrected chi connectivity index (χ3v) is 5.27. The summed E-state index contributed by atoms with van der Waals surface area (Å²) in [5.41, 5.74) is 4.96. The van der Waals surface area contributed by atoms with Crippen molar-refractivity contribution in [3.63, 3.8) is 0 Å². The predicted molar refractivity (Wildman–Crippen MR) is 119 cm³/mol. The van der Waals surface area contributed by atoms with E-state index in [2.05, 4.69) is 15.8 Å². The van der Waals surface area contributed by atoms with E-state index >= 15 is 0 Å². The Morgan fingerprint density at radius 2 is 1.62 bits per heavy atom. The highest BCUT2D eigenvalue weighted by Gasteiger charge is 2.17. The monoisotopic (exact) mass is 425 g/mol. The van der Waals surface area contributed by atoms with Crippen LogP contribution >= 0.6 is 12.2 Å². The summed E-state index contributed by atoms with van der Waals surface area (Å²) in [6.07, 6.45) is 1.44. The third kappa shape index (κ3) is 5.87. The lowest BCUT2D eigenvalue weighted by Gasteiger charge is -2.10. The van der Waals surface area contributed by atoms with Gasteiger partial charge < -0.3 is 9.50 Å². The number of benzene rings is 3. The second-order valence-corrected chi connectivity index (χ2v) is 8.03. The van der Waals surface area contributed by atoms with Crippen LogP contribution in [0.15, 0.2) is 88.9 Å². The molecule has 0 aliphatic carbocycles. The third-order valence-electron chi connectivity index (χ3n) is 3.83. The van der Waals surface area contributed by atoms with Crippen molar-refractivity contribution in [2.75, 3.05) is 5.32 Å². The van der Waals surface area contributed by atoms with Crippen LogP contribution in [0.3, 0.4) is 0 Å². The highest BCUT2D eigenvalue weighted by atomic mass is 32.2. The minimum absolute atomic E-state index is 0.0844. The highest BCUT2D eigenvalue weighted by Crippen LogP contribution is 2.22. The van der Waals surface area contributed by atoms with E-state index in [4.69, 9.17) is 16.4 Å². The van der Waals surface area contributed by atoms with Gasteiger partial charge in [0.1, 0.15) is 4.90 Å². The molecule has 29 heavy (non-hydrogen) atoms. The molecule has 0 aromatic heterocycles. The number of aryl methyl sites for hydroxylation is 1. The summed E-state index contributed by atoms with van der Waals surface area (Å²) in [7, 11) is -3.95. The number of hydrazone groups is 1. The average molecular weight is 426 g/mol. The van der Waals surface area contributed by atoms with Crippen LogP contribution in [0.5, 0.6) is 5.75 Å². The van der Waals surface area contributed by atoms with E-state index in [0.717, 1.165) is 11.3 Å². The lowest BCUT2D eigenvalue weighted by Crippen LogP contribution is -2.23. The minimum atomic E-state index is -3.95. The molecule has 0 aliphatic rings. The van der Waals surface area contributed by atoms with Crippen molar-refractivity contribution in [2.24, 2.45) is 5.10 Å². The number of nitrogens with zero attached hydrogens (tertiary/aromatic N) is 1. The molecule has 0 fully saturated rings. The van der Waals surface area contributed by atoms with Crippen LogP contribution in [0.25, 0.3) is 0 Å². The summed E-state index contributed by atoms with van der Waals surface area (Å²) in [5.74, 6) is 0.167. The molecule has 0 bridgehead atoms. The first kappa shape index (κ1) is 20.5. The first-order chi connectivity index (χ1) is 13.9. The van der Waals surface area contributed by atoms with Crippen LogP contribution < -0.4 is 14.9 Å². The van der Waals surface area contributed by atoms with E-state index in [1.54, 1.807) is 36.4 Å². The van der Waals surface area contributed by atoms with Crippen LogP contribution in [0, 0.1) is 6.92 Å². The summed E-state index contributed by atoms with van der Waals surface area (Å²) in [6, 6.07) is 22.6. The molecule has 0 heterocycles. The van der Waals surface area contributed by atoms with Gasteiger partial charge in [0, 0.05) is 11.3 Å². The van der Waals surface area contributed by atoms with Crippen LogP contribution in [0.4, 0.5) is 5.69 Å². The molecule has 6 nitrogen and oxygen atoms in total. The summed E-state index contributed by atoms with van der Waals surface area (Å²) in [4.78, 5) is 0.0844. The Morgan fingerprint density at radius 1 is 0.966 bits per heavy atom. The van der Waals surface area contributed by atoms with E-state index in [9.17, 15) is 8.42 Å². The Kier molecular flexibility index (Phi) is 6.58. The molecule has 148 valence electrons. The molecule has 0 saturated carbocycles. The zero-order valence-electron chi connectivity index (χ0n) is 15.6. The number of para-hydroxylation sites is 2. The van der Waals surface area contributed by atoms with Crippen LogP contribution in [0.1, 0.15) is 11.1 Å². The van der Waals surface area contributed by atoms with Gasteiger partial charge in [0.2, 0.25) is 0 Å². The maximum absolute atomic E-state index is 12.5. The predicted octanol–water partition coefficient (Wildman–Crippen LogP) is 4.08. The molecule has 0 aliphatic heterocycles. The van der Waals surface area contributed by atoms with Crippen molar-refractivity contribution in [3.8, 4) is 5.75 Å². The largest absolute Gasteiger partial charge is 0.378 e. The van der Waals surface area contributed by atoms with Gasteiger partial charge in [0.25, 0.3) is 0 Å². The van der Waals surface area contributed by atoms with Gasteiger partial charge in [-0.15, -0.1) is 0 Å². The van der Waals surface area contributed by atoms with Gasteiger partial charge in [-0.05, 0) is 55.5 Å². The normalized spacial score (nSPS) is 11.2. The van der Waals surface area contributed by atoms with Gasteiger partial charge >= 0.3 is 10.1 Å². The molecule has 3 rings (SSSR count). The standard InChI is InChI=1S/C21H19N3O3S2/c1-16-11-13-19(14-12-16)29(25,26)27-20-10-6-5-7-17(20)15-22-24-21(28)23-18-8-3-2-4-9-18/h2-15H,1H3,(H2,23,24,28)/b22-15-. The minimum Gasteiger partial charge on any atom is -0.378 e. The number of thiocarbonyl (C=S) groups is 1. The van der Waals surface area contributed by atoms with E-state index in [1.165, 1.54) is 18.3 Å². The second kappa shape index (κ2) is 9.31. The fourth-order valence-corrected chi connectivity index (χ4v) is 3.50. The topological polar surface area (TPSA) is 79.8 Å². The Morgan fingerprint density at radius 3 is 2.34 bits per heavy atom. The Hall–Kier alpha value is -3.23. The molecule has 0 radical (unpaired) electrons. The van der Waals surface area contributed by atoms with Crippen molar-refractivity contribution >= 4 is 39.4 Å². The molecule has 0 spiro atoms. The van der Waals surface area contributed by atoms with Crippen LogP contribution in [-0.2, 0) is 10.1 Å². The Bertz CT molecular complexity index is 1110. The molecular weight excluding hydrogens is 406 g/mol. The zero-order valence-corrected chi connectivity index (χ0v) is 17.2. The first-order valence-electron chi connectivity index (χ1n) is 8.69. The van der Waals surface area contributed by atoms with Gasteiger partial charge in [-0.2, -0.15) is 13.5 Å².